The third-order valence-corrected chi connectivity index (χ3v) is 6.65. The lowest BCUT2D eigenvalue weighted by Crippen LogP contribution is -2.59. The zero-order valence-corrected chi connectivity index (χ0v) is 23.6. The first-order valence-corrected chi connectivity index (χ1v) is 12.9. The first kappa shape index (κ1) is 33.2. The van der Waals surface area contributed by atoms with E-state index in [1.165, 1.54) is 46.6 Å². The summed E-state index contributed by atoms with van der Waals surface area (Å²) in [5, 5.41) is 71.0. The quantitative estimate of drug-likeness (QED) is 0.150. The molecule has 1 fully saturated rings. The topological polar surface area (TPSA) is 206 Å². The highest BCUT2D eigenvalue weighted by Crippen LogP contribution is 2.44. The molecule has 0 amide bonds. The minimum Gasteiger partial charge on any atom is -0.502 e. The van der Waals surface area contributed by atoms with Gasteiger partial charge in [-0.25, -0.2) is 0 Å². The number of benzene rings is 2. The van der Waals surface area contributed by atoms with Gasteiger partial charge in [0.15, 0.2) is 35.4 Å². The molecule has 1 aliphatic rings. The molecule has 7 atom stereocenters. The lowest BCUT2D eigenvalue weighted by Gasteiger charge is -2.41. The summed E-state index contributed by atoms with van der Waals surface area (Å²) in [7, 11) is 5.42. The number of rotatable bonds is 14. The summed E-state index contributed by atoms with van der Waals surface area (Å²) < 4.78 is 39.4. The van der Waals surface area contributed by atoms with Crippen LogP contribution in [0.1, 0.15) is 17.2 Å². The largest absolute Gasteiger partial charge is 0.502 e. The van der Waals surface area contributed by atoms with Crippen LogP contribution in [0.15, 0.2) is 30.3 Å². The van der Waals surface area contributed by atoms with Gasteiger partial charge in [-0.15, -0.1) is 0 Å². The van der Waals surface area contributed by atoms with Crippen molar-refractivity contribution >= 4 is 6.08 Å². The third kappa shape index (κ3) is 7.17. The fourth-order valence-corrected chi connectivity index (χ4v) is 4.43. The van der Waals surface area contributed by atoms with E-state index in [0.29, 0.717) is 5.56 Å². The number of hydrogen-bond acceptors (Lipinski definition) is 14. The second kappa shape index (κ2) is 15.2. The van der Waals surface area contributed by atoms with Crippen molar-refractivity contribution in [2.75, 3.05) is 48.3 Å². The Kier molecular flexibility index (Phi) is 12.0. The number of aromatic hydroxyl groups is 1. The predicted octanol–water partition coefficient (Wildman–Crippen LogP) is -0.270. The number of aliphatic hydroxyl groups excluding tert-OH is 6. The van der Waals surface area contributed by atoms with Gasteiger partial charge in [0.05, 0.1) is 48.3 Å². The molecular formula is C28H38O14. The Bertz CT molecular complexity index is 1140. The minimum absolute atomic E-state index is 0.0152. The first-order chi connectivity index (χ1) is 20.2. The second-order valence-electron chi connectivity index (χ2n) is 9.21. The number of aliphatic hydroxyl groups is 6. The summed E-state index contributed by atoms with van der Waals surface area (Å²) in [4.78, 5) is 0. The van der Waals surface area contributed by atoms with E-state index in [1.54, 1.807) is 18.2 Å². The summed E-state index contributed by atoms with van der Waals surface area (Å²) in [6.45, 7) is -1.57. The van der Waals surface area contributed by atoms with E-state index in [9.17, 15) is 30.6 Å². The molecule has 1 heterocycles. The van der Waals surface area contributed by atoms with Crippen LogP contribution in [0.3, 0.4) is 0 Å². The summed E-state index contributed by atoms with van der Waals surface area (Å²) >= 11 is 0. The molecule has 7 N–H and O–H groups in total. The Morgan fingerprint density at radius 3 is 1.86 bits per heavy atom. The maximum Gasteiger partial charge on any atom is 0.204 e. The normalized spacial score (nSPS) is 23.8. The molecular weight excluding hydrogens is 560 g/mol. The first-order valence-electron chi connectivity index (χ1n) is 12.9. The molecule has 2 unspecified atom stereocenters. The highest BCUT2D eigenvalue weighted by molar-refractivity contribution is 5.62. The molecule has 0 spiro atoms. The van der Waals surface area contributed by atoms with Crippen LogP contribution in [0.25, 0.3) is 6.08 Å². The van der Waals surface area contributed by atoms with Crippen LogP contribution in [0.5, 0.6) is 34.5 Å². The SMILES string of the molecule is COc1cc(C(O[C@@H]2O[C@H](CO)[C@@H](O)[C@H](O)[C@H]2O)C(CO)Oc2c(OC)cc(/C=C/CO)cc2OC)cc(OC)c1O. The van der Waals surface area contributed by atoms with E-state index in [0.717, 1.165) is 0 Å². The number of hydrogen-bond donors (Lipinski definition) is 7. The van der Waals surface area contributed by atoms with Gasteiger partial charge >= 0.3 is 0 Å². The molecule has 3 rings (SSSR count). The molecule has 1 saturated heterocycles. The second-order valence-corrected chi connectivity index (χ2v) is 9.21. The van der Waals surface area contributed by atoms with Gasteiger partial charge in [-0.05, 0) is 35.4 Å². The van der Waals surface area contributed by atoms with Crippen molar-refractivity contribution in [1.29, 1.82) is 0 Å². The van der Waals surface area contributed by atoms with Crippen molar-refractivity contribution in [2.45, 2.75) is 42.9 Å². The van der Waals surface area contributed by atoms with E-state index < -0.39 is 56.1 Å². The number of methoxy groups -OCH3 is 4. The third-order valence-electron chi connectivity index (χ3n) is 6.65. The molecule has 2 aromatic rings. The van der Waals surface area contributed by atoms with Crippen molar-refractivity contribution in [2.24, 2.45) is 0 Å². The highest BCUT2D eigenvalue weighted by Gasteiger charge is 2.46. The molecule has 2 aromatic carbocycles. The Hall–Kier alpha value is -3.34. The Balaban J connectivity index is 2.12. The molecule has 0 aromatic heterocycles. The van der Waals surface area contributed by atoms with Crippen LogP contribution in [0.4, 0.5) is 0 Å². The Morgan fingerprint density at radius 1 is 0.810 bits per heavy atom. The van der Waals surface area contributed by atoms with E-state index in [-0.39, 0.29) is 46.7 Å². The predicted molar refractivity (Wildman–Crippen MR) is 146 cm³/mol. The summed E-state index contributed by atoms with van der Waals surface area (Å²) in [6, 6.07) is 5.99. The summed E-state index contributed by atoms with van der Waals surface area (Å²) in [5.41, 5.74) is 0.839. The number of ether oxygens (including phenoxy) is 7. The van der Waals surface area contributed by atoms with Crippen LogP contribution in [0, 0.1) is 0 Å². The molecule has 0 saturated carbocycles. The minimum atomic E-state index is -1.77. The van der Waals surface area contributed by atoms with E-state index in [1.807, 2.05) is 0 Å². The summed E-state index contributed by atoms with van der Waals surface area (Å²) in [5.74, 6) is 0.139. The van der Waals surface area contributed by atoms with Crippen molar-refractivity contribution in [1.82, 2.24) is 0 Å². The summed E-state index contributed by atoms with van der Waals surface area (Å²) in [6.07, 6.45) is -7.50. The maximum absolute atomic E-state index is 10.7. The van der Waals surface area contributed by atoms with Crippen LogP contribution in [0.2, 0.25) is 0 Å². The molecule has 14 nitrogen and oxygen atoms in total. The van der Waals surface area contributed by atoms with Crippen LogP contribution >= 0.6 is 0 Å². The van der Waals surface area contributed by atoms with Crippen molar-refractivity contribution in [3.8, 4) is 34.5 Å². The van der Waals surface area contributed by atoms with Crippen LogP contribution < -0.4 is 23.7 Å². The standard InChI is InChI=1S/C28H38O14/c1-36-16-10-15(11-17(37-2)22(16)32)26(42-28-25(35)24(34)23(33)20(12-30)41-28)21(13-31)40-27-18(38-3)8-14(6-5-7-29)9-19(27)39-4/h5-6,8-11,20-21,23-26,28-35H,7,12-13H2,1-4H3/b6-5+/t20-,21?,23-,24+,25-,26?,28+/m1/s1. The van der Waals surface area contributed by atoms with E-state index in [2.05, 4.69) is 0 Å². The van der Waals surface area contributed by atoms with E-state index in [4.69, 9.17) is 38.3 Å². The van der Waals surface area contributed by atoms with Gasteiger partial charge in [-0.1, -0.05) is 12.2 Å². The molecule has 0 radical (unpaired) electrons. The van der Waals surface area contributed by atoms with Gasteiger partial charge in [-0.2, -0.15) is 0 Å². The number of phenols is 1. The van der Waals surface area contributed by atoms with Crippen LogP contribution in [-0.4, -0.2) is 121 Å². The van der Waals surface area contributed by atoms with Crippen LogP contribution in [-0.2, 0) is 9.47 Å². The van der Waals surface area contributed by atoms with Gasteiger partial charge in [-0.3, -0.25) is 0 Å². The fraction of sp³-hybridized carbons (Fsp3) is 0.500. The Morgan fingerprint density at radius 2 is 1.38 bits per heavy atom. The van der Waals surface area contributed by atoms with Crippen molar-refractivity contribution < 1.29 is 68.9 Å². The van der Waals surface area contributed by atoms with Gasteiger partial charge in [0, 0.05) is 0 Å². The van der Waals surface area contributed by atoms with Crippen molar-refractivity contribution in [3.63, 3.8) is 0 Å². The zero-order chi connectivity index (χ0) is 31.0. The molecule has 0 aliphatic carbocycles. The van der Waals surface area contributed by atoms with Gasteiger partial charge in [0.25, 0.3) is 0 Å². The van der Waals surface area contributed by atoms with E-state index >= 15 is 0 Å². The average Bonchev–Trinajstić information content (AvgIpc) is 3.01. The average molecular weight is 599 g/mol. The van der Waals surface area contributed by atoms with Gasteiger partial charge < -0.3 is 68.9 Å². The molecule has 42 heavy (non-hydrogen) atoms. The van der Waals surface area contributed by atoms with Gasteiger partial charge in [0.1, 0.15) is 30.5 Å². The molecule has 0 bridgehead atoms. The monoisotopic (exact) mass is 598 g/mol. The lowest BCUT2D eigenvalue weighted by molar-refractivity contribution is -0.318. The molecule has 14 heteroatoms. The smallest absolute Gasteiger partial charge is 0.204 e. The lowest BCUT2D eigenvalue weighted by atomic mass is 9.98. The van der Waals surface area contributed by atoms with Crippen molar-refractivity contribution in [3.05, 3.63) is 41.5 Å². The molecule has 234 valence electrons. The Labute approximate surface area is 242 Å². The highest BCUT2D eigenvalue weighted by atomic mass is 16.7. The fourth-order valence-electron chi connectivity index (χ4n) is 4.43. The maximum atomic E-state index is 10.7. The number of phenolic OH excluding ortho intramolecular Hbond substituents is 1. The molecule has 1 aliphatic heterocycles. The zero-order valence-electron chi connectivity index (χ0n) is 23.6. The van der Waals surface area contributed by atoms with Gasteiger partial charge in [0.2, 0.25) is 11.5 Å².